The van der Waals surface area contributed by atoms with Crippen molar-refractivity contribution < 1.29 is 71.0 Å². The van der Waals surface area contributed by atoms with E-state index in [0.29, 0.717) is 25.2 Å². The molecule has 0 saturated carbocycles. The Morgan fingerprint density at radius 2 is 1.43 bits per heavy atom. The smallest absolute Gasteiger partial charge is 0.462 e. The first-order chi connectivity index (χ1) is 31.0. The number of nitrogens with two attached hydrogens (primary N) is 1. The average molecular weight is 962 g/mol. The molecular formula is C44H73N3O16P2. The highest BCUT2D eigenvalue weighted by Gasteiger charge is 2.46. The summed E-state index contributed by atoms with van der Waals surface area (Å²) >= 11 is 0. The van der Waals surface area contributed by atoms with Gasteiger partial charge in [-0.25, -0.2) is 13.9 Å². The van der Waals surface area contributed by atoms with Crippen molar-refractivity contribution in [1.82, 2.24) is 9.55 Å². The van der Waals surface area contributed by atoms with Crippen molar-refractivity contribution in [1.29, 1.82) is 0 Å². The van der Waals surface area contributed by atoms with Gasteiger partial charge in [0, 0.05) is 19.0 Å². The number of phosphoric acid groups is 2. The van der Waals surface area contributed by atoms with Gasteiger partial charge in [0.25, 0.3) is 0 Å². The highest BCUT2D eigenvalue weighted by atomic mass is 31.3. The van der Waals surface area contributed by atoms with E-state index in [2.05, 4.69) is 54.4 Å². The predicted octanol–water partition coefficient (Wildman–Crippen LogP) is 7.28. The van der Waals surface area contributed by atoms with Gasteiger partial charge in [0.2, 0.25) is 0 Å². The van der Waals surface area contributed by atoms with Crippen LogP contribution in [0.3, 0.4) is 0 Å². The first-order valence-corrected chi connectivity index (χ1v) is 26.0. The van der Waals surface area contributed by atoms with Crippen LogP contribution in [-0.4, -0.2) is 97.9 Å². The van der Waals surface area contributed by atoms with Crippen molar-refractivity contribution in [3.63, 3.8) is 0 Å². The van der Waals surface area contributed by atoms with Gasteiger partial charge in [-0.1, -0.05) is 109 Å². The molecule has 4 unspecified atom stereocenters. The summed E-state index contributed by atoms with van der Waals surface area (Å²) in [6.07, 6.45) is 21.7. The maximum Gasteiger partial charge on any atom is 0.481 e. The van der Waals surface area contributed by atoms with Crippen LogP contribution in [-0.2, 0) is 51.0 Å². The SMILES string of the molecule is CCCCC/C=C\C/C=C\CC1OC1C/C=C\CCCC(=O)O[C@H](COC(=O)CCCCCCCCC(C)C)COP(=O)(O)OP(=O)(O)OC[C@H]1O[C@@H](n2ccc(N)nc2=O)[C@H](O)[C@@H]1O. The van der Waals surface area contributed by atoms with Crippen molar-refractivity contribution in [2.24, 2.45) is 5.92 Å². The number of allylic oxidation sites excluding steroid dienone is 4. The molecule has 1 aromatic rings. The topological polar surface area (TPSA) is 278 Å². The summed E-state index contributed by atoms with van der Waals surface area (Å²) < 4.78 is 62.3. The van der Waals surface area contributed by atoms with Crippen LogP contribution in [0.5, 0.6) is 0 Å². The molecule has 3 rings (SSSR count). The van der Waals surface area contributed by atoms with Crippen molar-refractivity contribution in [2.75, 3.05) is 25.6 Å². The number of hydrogen-bond donors (Lipinski definition) is 5. The zero-order chi connectivity index (χ0) is 47.7. The number of epoxide rings is 1. The summed E-state index contributed by atoms with van der Waals surface area (Å²) in [5.41, 5.74) is 4.57. The minimum atomic E-state index is -5.43. The van der Waals surface area contributed by atoms with Crippen LogP contribution in [0.15, 0.2) is 53.5 Å². The summed E-state index contributed by atoms with van der Waals surface area (Å²) in [5, 5.41) is 20.9. The van der Waals surface area contributed by atoms with Gasteiger partial charge < -0.3 is 44.7 Å². The molecule has 2 aliphatic heterocycles. The maximum atomic E-state index is 12.8. The average Bonchev–Trinajstić information content (AvgIpc) is 3.93. The molecule has 0 aliphatic carbocycles. The number of nitrogen functional groups attached to an aromatic ring is 1. The fraction of sp³-hybridized carbons (Fsp3) is 0.727. The normalized spacial score (nSPS) is 23.3. The van der Waals surface area contributed by atoms with Gasteiger partial charge in [-0.15, -0.1) is 0 Å². The quantitative estimate of drug-likeness (QED) is 0.0147. The van der Waals surface area contributed by atoms with Gasteiger partial charge in [0.1, 0.15) is 30.7 Å². The van der Waals surface area contributed by atoms with Crippen molar-refractivity contribution in [2.45, 2.75) is 179 Å². The van der Waals surface area contributed by atoms with E-state index < -0.39 is 83.7 Å². The molecule has 2 saturated heterocycles. The predicted molar refractivity (Wildman–Crippen MR) is 242 cm³/mol. The van der Waals surface area contributed by atoms with Crippen molar-refractivity contribution in [3.8, 4) is 0 Å². The molecule has 0 radical (unpaired) electrons. The minimum Gasteiger partial charge on any atom is -0.462 e. The Morgan fingerprint density at radius 3 is 2.14 bits per heavy atom. The van der Waals surface area contributed by atoms with Crippen LogP contribution in [0, 0.1) is 5.92 Å². The number of aromatic nitrogens is 2. The highest BCUT2D eigenvalue weighted by Crippen LogP contribution is 2.60. The lowest BCUT2D eigenvalue weighted by Gasteiger charge is -2.21. The fourth-order valence-electron chi connectivity index (χ4n) is 6.82. The van der Waals surface area contributed by atoms with E-state index in [9.17, 15) is 43.5 Å². The minimum absolute atomic E-state index is 0.0343. The van der Waals surface area contributed by atoms with Crippen LogP contribution in [0.25, 0.3) is 0 Å². The lowest BCUT2D eigenvalue weighted by molar-refractivity contribution is -0.161. The summed E-state index contributed by atoms with van der Waals surface area (Å²) in [6.45, 7) is 4.22. The standard InChI is InChI=1S/C44H73N3O16P2/c1-4-5-6-7-8-9-10-14-19-24-35-36(61-35)25-20-16-17-22-27-40(49)60-34(30-57-39(48)26-21-15-12-11-13-18-23-33(2)3)31-58-64(53,54)63-65(55,56)59-32-37-41(50)42(51)43(62-37)47-29-28-38(45)46-44(47)52/h8-9,14,16,19-20,28-29,33-37,41-43,50-51H,4-7,10-13,15,17-18,21-27,30-32H2,1-3H3,(H,53,54)(H,55,56)(H2,45,46,52)/b9-8-,19-14-,20-16-/t34-,35?,36?,37-,41-,42-,43-/m1/s1. The molecule has 0 aromatic carbocycles. The number of aliphatic hydroxyl groups is 2. The number of rotatable bonds is 35. The Bertz CT molecular complexity index is 1810. The third-order valence-electron chi connectivity index (χ3n) is 10.6. The number of carbonyl (C=O) groups excluding carboxylic acids is 2. The van der Waals surface area contributed by atoms with E-state index in [4.69, 9.17) is 33.7 Å². The molecule has 1 aromatic heterocycles. The van der Waals surface area contributed by atoms with Gasteiger partial charge in [-0.05, 0) is 63.4 Å². The lowest BCUT2D eigenvalue weighted by atomic mass is 10.0. The van der Waals surface area contributed by atoms with Crippen LogP contribution >= 0.6 is 15.6 Å². The molecule has 3 heterocycles. The summed E-state index contributed by atoms with van der Waals surface area (Å²) in [4.78, 5) is 61.6. The first-order valence-electron chi connectivity index (χ1n) is 23.0. The molecule has 21 heteroatoms. The molecule has 0 bridgehead atoms. The van der Waals surface area contributed by atoms with E-state index in [1.165, 1.54) is 38.2 Å². The molecule has 9 atom stereocenters. The number of hydrogen-bond acceptors (Lipinski definition) is 16. The molecular weight excluding hydrogens is 888 g/mol. The van der Waals surface area contributed by atoms with E-state index >= 15 is 0 Å². The fourth-order valence-corrected chi connectivity index (χ4v) is 8.93. The van der Waals surface area contributed by atoms with E-state index in [1.807, 2.05) is 12.2 Å². The second kappa shape index (κ2) is 30.3. The number of phosphoric ester groups is 2. The Labute approximate surface area is 382 Å². The maximum absolute atomic E-state index is 12.8. The lowest BCUT2D eigenvalue weighted by Crippen LogP contribution is -2.36. The number of nitrogens with zero attached hydrogens (tertiary/aromatic N) is 2. The van der Waals surface area contributed by atoms with Gasteiger partial charge in [0.15, 0.2) is 12.3 Å². The van der Waals surface area contributed by atoms with Crippen LogP contribution < -0.4 is 11.4 Å². The molecule has 65 heavy (non-hydrogen) atoms. The first kappa shape index (κ1) is 56.3. The molecule has 0 spiro atoms. The summed E-state index contributed by atoms with van der Waals surface area (Å²) in [7, 11) is -10.9. The Morgan fingerprint density at radius 1 is 0.800 bits per heavy atom. The number of carbonyl (C=O) groups is 2. The van der Waals surface area contributed by atoms with Gasteiger partial charge in [-0.2, -0.15) is 9.29 Å². The zero-order valence-corrected chi connectivity index (χ0v) is 39.9. The summed E-state index contributed by atoms with van der Waals surface area (Å²) in [6, 6.07) is 1.24. The Balaban J connectivity index is 1.44. The molecule has 0 amide bonds. The molecule has 2 fully saturated rings. The largest absolute Gasteiger partial charge is 0.481 e. The monoisotopic (exact) mass is 961 g/mol. The van der Waals surface area contributed by atoms with Crippen molar-refractivity contribution in [3.05, 3.63) is 59.2 Å². The second-order valence-corrected chi connectivity index (χ2v) is 19.8. The van der Waals surface area contributed by atoms with Crippen molar-refractivity contribution >= 4 is 33.4 Å². The zero-order valence-electron chi connectivity index (χ0n) is 38.1. The van der Waals surface area contributed by atoms with Crippen LogP contribution in [0.2, 0.25) is 0 Å². The number of anilines is 1. The third kappa shape index (κ3) is 24.0. The van der Waals surface area contributed by atoms with Crippen LogP contribution in [0.1, 0.15) is 143 Å². The van der Waals surface area contributed by atoms with Crippen LogP contribution in [0.4, 0.5) is 5.82 Å². The van der Waals surface area contributed by atoms with E-state index in [-0.39, 0.29) is 30.9 Å². The molecule has 370 valence electrons. The van der Waals surface area contributed by atoms with E-state index in [1.54, 1.807) is 0 Å². The number of ether oxygens (including phenoxy) is 4. The number of unbranched alkanes of at least 4 members (excludes halogenated alkanes) is 9. The molecule has 2 aliphatic rings. The van der Waals surface area contributed by atoms with Gasteiger partial charge in [-0.3, -0.25) is 23.2 Å². The van der Waals surface area contributed by atoms with Gasteiger partial charge in [0.05, 0.1) is 25.4 Å². The molecule has 19 nitrogen and oxygen atoms in total. The second-order valence-electron chi connectivity index (χ2n) is 16.8. The van der Waals surface area contributed by atoms with Gasteiger partial charge >= 0.3 is 33.3 Å². The molecule has 6 N–H and O–H groups in total. The third-order valence-corrected chi connectivity index (χ3v) is 13.2. The number of esters is 2. The summed E-state index contributed by atoms with van der Waals surface area (Å²) in [5.74, 6) is -0.714. The Kier molecular flexibility index (Phi) is 26.3. The Hall–Kier alpha value is -3.06. The van der Waals surface area contributed by atoms with E-state index in [0.717, 1.165) is 62.1 Å². The number of aliphatic hydroxyl groups excluding tert-OH is 2. The highest BCUT2D eigenvalue weighted by molar-refractivity contribution is 7.61.